The molecule has 28 heavy (non-hydrogen) atoms. The Bertz CT molecular complexity index is 1120. The number of aliphatic imine (C=N–C) groups is 1. The van der Waals surface area contributed by atoms with Crippen LogP contribution in [0.3, 0.4) is 0 Å². The van der Waals surface area contributed by atoms with Crippen LogP contribution >= 0.6 is 39.3 Å². The molecule has 1 amide bonds. The molecule has 0 saturated carbocycles. The third kappa shape index (κ3) is 4.24. The molecular weight excluding hydrogens is 460 g/mol. The van der Waals surface area contributed by atoms with E-state index in [9.17, 15) is 4.79 Å². The van der Waals surface area contributed by atoms with Gasteiger partial charge in [0.05, 0.1) is 10.6 Å². The lowest BCUT2D eigenvalue weighted by atomic mass is 10.2. The highest BCUT2D eigenvalue weighted by molar-refractivity contribution is 9.10. The van der Waals surface area contributed by atoms with Crippen molar-refractivity contribution in [3.8, 4) is 11.3 Å². The molecule has 7 heteroatoms. The van der Waals surface area contributed by atoms with Crippen LogP contribution in [-0.4, -0.2) is 11.1 Å². The Morgan fingerprint density at radius 3 is 2.68 bits per heavy atom. The van der Waals surface area contributed by atoms with Crippen molar-refractivity contribution in [2.75, 3.05) is 0 Å². The van der Waals surface area contributed by atoms with E-state index in [1.165, 1.54) is 11.8 Å². The Hall–Kier alpha value is -2.28. The first-order valence-corrected chi connectivity index (χ1v) is 10.4. The van der Waals surface area contributed by atoms with Gasteiger partial charge < -0.3 is 9.73 Å². The predicted molar refractivity (Wildman–Crippen MR) is 119 cm³/mol. The van der Waals surface area contributed by atoms with Gasteiger partial charge in [0.15, 0.2) is 5.17 Å². The fraction of sp³-hybridized carbons (Fsp3) is 0.0476. The molecule has 1 N–H and O–H groups in total. The molecule has 4 rings (SSSR count). The smallest absolute Gasteiger partial charge is 0.264 e. The SMILES string of the molecule is Cc1ccc(N=C2NC(=O)C(=Cc3ccc(-c4ccc(Br)cc4)o3)S2)cc1Cl. The van der Waals surface area contributed by atoms with Crippen LogP contribution in [0.5, 0.6) is 0 Å². The number of hydrogen-bond acceptors (Lipinski definition) is 4. The van der Waals surface area contributed by atoms with Crippen molar-refractivity contribution < 1.29 is 9.21 Å². The Morgan fingerprint density at radius 2 is 1.93 bits per heavy atom. The number of benzene rings is 2. The highest BCUT2D eigenvalue weighted by Gasteiger charge is 2.24. The quantitative estimate of drug-likeness (QED) is 0.438. The zero-order valence-corrected chi connectivity index (χ0v) is 17.9. The average molecular weight is 474 g/mol. The number of thioether (sulfide) groups is 1. The molecule has 0 unspecified atom stereocenters. The van der Waals surface area contributed by atoms with E-state index >= 15 is 0 Å². The number of nitrogens with one attached hydrogen (secondary N) is 1. The van der Waals surface area contributed by atoms with E-state index < -0.39 is 0 Å². The molecule has 140 valence electrons. The number of nitrogens with zero attached hydrogens (tertiary/aromatic N) is 1. The van der Waals surface area contributed by atoms with E-state index in [0.29, 0.717) is 26.5 Å². The molecule has 1 fully saturated rings. The van der Waals surface area contributed by atoms with E-state index in [4.69, 9.17) is 16.0 Å². The van der Waals surface area contributed by atoms with Crippen LogP contribution in [0, 0.1) is 6.92 Å². The molecule has 0 atom stereocenters. The second kappa shape index (κ2) is 7.99. The Labute approximate surface area is 179 Å². The number of amides is 1. The van der Waals surface area contributed by atoms with Crippen LogP contribution in [0.2, 0.25) is 5.02 Å². The molecule has 0 aliphatic carbocycles. The molecule has 0 bridgehead atoms. The topological polar surface area (TPSA) is 54.6 Å². The maximum absolute atomic E-state index is 12.3. The summed E-state index contributed by atoms with van der Waals surface area (Å²) < 4.78 is 6.87. The lowest BCUT2D eigenvalue weighted by molar-refractivity contribution is -0.115. The number of aryl methyl sites for hydroxylation is 1. The van der Waals surface area contributed by atoms with Crippen molar-refractivity contribution in [2.45, 2.75) is 6.92 Å². The van der Waals surface area contributed by atoms with Gasteiger partial charge in [-0.3, -0.25) is 4.79 Å². The maximum atomic E-state index is 12.3. The Morgan fingerprint density at radius 1 is 1.14 bits per heavy atom. The number of carbonyl (C=O) groups is 1. The standard InChI is InChI=1S/C21H14BrClN2O2S/c1-12-2-7-15(10-17(12)23)24-21-25-20(26)19(28-21)11-16-8-9-18(27-16)13-3-5-14(22)6-4-13/h2-11H,1H3,(H,24,25,26). The van der Waals surface area contributed by atoms with E-state index in [-0.39, 0.29) is 5.91 Å². The van der Waals surface area contributed by atoms with Crippen LogP contribution in [0.4, 0.5) is 5.69 Å². The second-order valence-electron chi connectivity index (χ2n) is 6.12. The normalized spacial score (nSPS) is 16.8. The minimum Gasteiger partial charge on any atom is -0.457 e. The molecule has 2 heterocycles. The van der Waals surface area contributed by atoms with Gasteiger partial charge in [0.25, 0.3) is 5.91 Å². The van der Waals surface area contributed by atoms with Gasteiger partial charge in [-0.15, -0.1) is 0 Å². The van der Waals surface area contributed by atoms with Gasteiger partial charge in [0.2, 0.25) is 0 Å². The monoisotopic (exact) mass is 472 g/mol. The summed E-state index contributed by atoms with van der Waals surface area (Å²) in [5.74, 6) is 1.14. The molecule has 0 spiro atoms. The van der Waals surface area contributed by atoms with E-state index in [1.807, 2.05) is 55.5 Å². The number of halogens is 2. The van der Waals surface area contributed by atoms with Gasteiger partial charge >= 0.3 is 0 Å². The van der Waals surface area contributed by atoms with Gasteiger partial charge in [-0.25, -0.2) is 4.99 Å². The third-order valence-corrected chi connectivity index (χ3v) is 5.91. The molecule has 2 aromatic carbocycles. The minimum absolute atomic E-state index is 0.205. The molecular formula is C21H14BrClN2O2S. The second-order valence-corrected chi connectivity index (χ2v) is 8.48. The van der Waals surface area contributed by atoms with Gasteiger partial charge in [-0.1, -0.05) is 45.7 Å². The van der Waals surface area contributed by atoms with E-state index in [2.05, 4.69) is 26.2 Å². The Kier molecular flexibility index (Phi) is 5.44. The minimum atomic E-state index is -0.205. The first-order chi connectivity index (χ1) is 13.5. The first-order valence-electron chi connectivity index (χ1n) is 8.39. The molecule has 0 radical (unpaired) electrons. The van der Waals surface area contributed by atoms with E-state index in [1.54, 1.807) is 12.1 Å². The molecule has 4 nitrogen and oxygen atoms in total. The summed E-state index contributed by atoms with van der Waals surface area (Å²) in [5, 5.41) is 3.92. The van der Waals surface area contributed by atoms with Crippen molar-refractivity contribution in [1.82, 2.24) is 5.32 Å². The molecule has 1 aliphatic heterocycles. The summed E-state index contributed by atoms with van der Waals surface area (Å²) in [6, 6.07) is 17.1. The van der Waals surface area contributed by atoms with Crippen LogP contribution < -0.4 is 5.32 Å². The summed E-state index contributed by atoms with van der Waals surface area (Å²) >= 11 is 10.8. The van der Waals surface area contributed by atoms with Crippen molar-refractivity contribution in [3.05, 3.63) is 80.3 Å². The molecule has 3 aromatic rings. The molecule has 1 aliphatic rings. The van der Waals surface area contributed by atoms with Crippen LogP contribution in [0.1, 0.15) is 11.3 Å². The van der Waals surface area contributed by atoms with Crippen LogP contribution in [-0.2, 0) is 4.79 Å². The van der Waals surface area contributed by atoms with Gasteiger partial charge in [0.1, 0.15) is 11.5 Å². The lowest BCUT2D eigenvalue weighted by Gasteiger charge is -2.00. The maximum Gasteiger partial charge on any atom is 0.264 e. The largest absolute Gasteiger partial charge is 0.457 e. The summed E-state index contributed by atoms with van der Waals surface area (Å²) in [6.07, 6.45) is 1.72. The number of rotatable bonds is 3. The number of carbonyl (C=O) groups excluding carboxylic acids is 1. The fourth-order valence-electron chi connectivity index (χ4n) is 2.58. The average Bonchev–Trinajstić information content (AvgIpc) is 3.26. The molecule has 1 saturated heterocycles. The summed E-state index contributed by atoms with van der Waals surface area (Å²) in [7, 11) is 0. The summed E-state index contributed by atoms with van der Waals surface area (Å²) in [6.45, 7) is 1.93. The van der Waals surface area contributed by atoms with Crippen molar-refractivity contribution in [3.63, 3.8) is 0 Å². The number of hydrogen-bond donors (Lipinski definition) is 1. The first kappa shape index (κ1) is 19.1. The Balaban J connectivity index is 1.54. The molecule has 1 aromatic heterocycles. The summed E-state index contributed by atoms with van der Waals surface area (Å²) in [4.78, 5) is 17.2. The highest BCUT2D eigenvalue weighted by Crippen LogP contribution is 2.31. The van der Waals surface area contributed by atoms with Gasteiger partial charge in [-0.2, -0.15) is 0 Å². The number of amidine groups is 1. The lowest BCUT2D eigenvalue weighted by Crippen LogP contribution is -2.19. The summed E-state index contributed by atoms with van der Waals surface area (Å²) in [5.41, 5.74) is 2.64. The van der Waals surface area contributed by atoms with E-state index in [0.717, 1.165) is 21.4 Å². The third-order valence-electron chi connectivity index (χ3n) is 4.07. The van der Waals surface area contributed by atoms with Gasteiger partial charge in [0, 0.05) is 21.1 Å². The van der Waals surface area contributed by atoms with Crippen LogP contribution in [0.25, 0.3) is 17.4 Å². The van der Waals surface area contributed by atoms with Crippen molar-refractivity contribution >= 4 is 62.1 Å². The van der Waals surface area contributed by atoms with Crippen LogP contribution in [0.15, 0.2) is 73.4 Å². The predicted octanol–water partition coefficient (Wildman–Crippen LogP) is 6.56. The highest BCUT2D eigenvalue weighted by atomic mass is 79.9. The van der Waals surface area contributed by atoms with Gasteiger partial charge in [-0.05, 0) is 60.6 Å². The zero-order chi connectivity index (χ0) is 19.7. The van der Waals surface area contributed by atoms with Crippen molar-refractivity contribution in [2.24, 2.45) is 4.99 Å². The number of furan rings is 1. The van der Waals surface area contributed by atoms with Crippen molar-refractivity contribution in [1.29, 1.82) is 0 Å². The zero-order valence-electron chi connectivity index (χ0n) is 14.7. The fourth-order valence-corrected chi connectivity index (χ4v) is 3.84.